The molecule has 18 heteroatoms. The number of nitrogens with zero attached hydrogens (tertiary/aromatic N) is 3. The van der Waals surface area contributed by atoms with Crippen LogP contribution in [0.25, 0.3) is 0 Å². The molecular formula is C24H32N8O8S2. The zero-order valence-corrected chi connectivity index (χ0v) is 24.5. The number of carbonyl (C=O) groups excluding carboxylic acids is 2. The van der Waals surface area contributed by atoms with Crippen molar-refractivity contribution in [1.82, 2.24) is 26.0 Å². The number of nitrogen functional groups attached to an aromatic ring is 1. The number of aromatic nitrogens is 1. The molecule has 0 aliphatic carbocycles. The van der Waals surface area contributed by atoms with Crippen molar-refractivity contribution in [2.24, 2.45) is 5.16 Å². The van der Waals surface area contributed by atoms with Gasteiger partial charge in [-0.2, -0.15) is 13.5 Å². The average Bonchev–Trinajstić information content (AvgIpc) is 3.38. The van der Waals surface area contributed by atoms with Crippen LogP contribution in [0.4, 0.5) is 5.13 Å². The van der Waals surface area contributed by atoms with Crippen molar-refractivity contribution in [2.45, 2.75) is 44.3 Å². The van der Waals surface area contributed by atoms with E-state index in [4.69, 9.17) is 25.3 Å². The third-order valence-corrected chi connectivity index (χ3v) is 7.54. The summed E-state index contributed by atoms with van der Waals surface area (Å²) in [5.41, 5.74) is 4.94. The largest absolute Gasteiger partial charge is 0.490 e. The maximum atomic E-state index is 13.0. The van der Waals surface area contributed by atoms with Gasteiger partial charge in [-0.15, -0.1) is 15.6 Å². The van der Waals surface area contributed by atoms with Crippen molar-refractivity contribution in [2.75, 3.05) is 32.0 Å². The van der Waals surface area contributed by atoms with Crippen molar-refractivity contribution < 1.29 is 36.4 Å². The minimum Gasteiger partial charge on any atom is -0.490 e. The SMILES string of the molecule is CC1(C)[C@H](NC(=O)C(=NOCCOc2ccc(C(=N)NC3CCNCC3)cc2)c2csc(N)n2)C(=O)N1OS(=O)(=O)O. The Morgan fingerprint density at radius 2 is 1.95 bits per heavy atom. The Morgan fingerprint density at radius 1 is 1.26 bits per heavy atom. The van der Waals surface area contributed by atoms with Crippen LogP contribution in [0.15, 0.2) is 34.8 Å². The van der Waals surface area contributed by atoms with E-state index in [-0.39, 0.29) is 35.8 Å². The number of amidine groups is 1. The number of β-lactam (4-membered cyclic amide) rings is 1. The molecule has 7 N–H and O–H groups in total. The van der Waals surface area contributed by atoms with E-state index in [1.54, 1.807) is 24.3 Å². The van der Waals surface area contributed by atoms with E-state index >= 15 is 0 Å². The van der Waals surface area contributed by atoms with Gasteiger partial charge < -0.3 is 31.3 Å². The highest BCUT2D eigenvalue weighted by atomic mass is 32.3. The monoisotopic (exact) mass is 624 g/mol. The summed E-state index contributed by atoms with van der Waals surface area (Å²) in [5.74, 6) is -0.838. The fourth-order valence-corrected chi connectivity index (χ4v) is 5.30. The molecule has 16 nitrogen and oxygen atoms in total. The third-order valence-electron chi connectivity index (χ3n) is 6.53. The number of rotatable bonds is 12. The van der Waals surface area contributed by atoms with Gasteiger partial charge in [-0.3, -0.25) is 19.6 Å². The molecule has 2 aliphatic rings. The van der Waals surface area contributed by atoms with Crippen LogP contribution >= 0.6 is 11.3 Å². The maximum absolute atomic E-state index is 13.0. The molecule has 2 fully saturated rings. The Kier molecular flexibility index (Phi) is 9.62. The van der Waals surface area contributed by atoms with Gasteiger partial charge in [0.15, 0.2) is 17.5 Å². The number of amides is 2. The van der Waals surface area contributed by atoms with E-state index < -0.39 is 33.8 Å². The molecule has 2 aromatic rings. The summed E-state index contributed by atoms with van der Waals surface area (Å²) in [6.45, 7) is 4.75. The van der Waals surface area contributed by atoms with E-state index in [1.807, 2.05) is 0 Å². The normalized spacial score (nSPS) is 19.1. The standard InChI is InChI=1S/C24H32N8O8S2/c1-24(2)19(22(34)32(24)40-42(35,36)37)30-21(33)18(17-13-41-23(26)29-17)31-39-12-11-38-16-5-3-14(4-6-16)20(25)28-15-7-9-27-10-8-15/h3-6,13,15,19,27H,7-12H2,1-2H3,(H2,25,28)(H2,26,29)(H,30,33)(H,35,36,37)/t19-/m1/s1. The lowest BCUT2D eigenvalue weighted by Gasteiger charge is -2.50. The topological polar surface area (TPSA) is 231 Å². The number of oxime groups is 1. The first-order valence-corrected chi connectivity index (χ1v) is 15.1. The molecule has 2 saturated heterocycles. The van der Waals surface area contributed by atoms with Crippen molar-refractivity contribution in [3.63, 3.8) is 0 Å². The Bertz CT molecular complexity index is 1440. The molecule has 0 unspecified atom stereocenters. The lowest BCUT2D eigenvalue weighted by Crippen LogP contribution is -2.76. The third kappa shape index (κ3) is 7.71. The molecule has 0 spiro atoms. The minimum atomic E-state index is -4.95. The Balaban J connectivity index is 1.31. The van der Waals surface area contributed by atoms with Crippen molar-refractivity contribution in [3.05, 3.63) is 40.9 Å². The summed E-state index contributed by atoms with van der Waals surface area (Å²) in [5, 5.41) is 23.3. The molecule has 42 heavy (non-hydrogen) atoms. The van der Waals surface area contributed by atoms with E-state index in [1.165, 1.54) is 19.2 Å². The number of hydroxylamine groups is 2. The van der Waals surface area contributed by atoms with Gasteiger partial charge in [0.05, 0.1) is 5.54 Å². The highest BCUT2D eigenvalue weighted by Gasteiger charge is 2.58. The average molecular weight is 625 g/mol. The summed E-state index contributed by atoms with van der Waals surface area (Å²) >= 11 is 1.06. The van der Waals surface area contributed by atoms with Gasteiger partial charge >= 0.3 is 10.4 Å². The van der Waals surface area contributed by atoms with Crippen molar-refractivity contribution in [1.29, 1.82) is 5.41 Å². The second-order valence-electron chi connectivity index (χ2n) is 9.96. The summed E-state index contributed by atoms with van der Waals surface area (Å²) in [7, 11) is -4.95. The number of anilines is 1. The van der Waals surface area contributed by atoms with Gasteiger partial charge in [0.2, 0.25) is 0 Å². The van der Waals surface area contributed by atoms with Crippen LogP contribution in [0.3, 0.4) is 0 Å². The van der Waals surface area contributed by atoms with Crippen molar-refractivity contribution >= 4 is 50.2 Å². The highest BCUT2D eigenvalue weighted by molar-refractivity contribution is 7.80. The number of nitrogens with two attached hydrogens (primary N) is 1. The molecule has 3 heterocycles. The predicted octanol–water partition coefficient (Wildman–Crippen LogP) is 0.0320. The van der Waals surface area contributed by atoms with Gasteiger partial charge in [-0.25, -0.2) is 4.98 Å². The molecule has 1 atom stereocenters. The number of nitrogens with one attached hydrogen (secondary N) is 4. The van der Waals surface area contributed by atoms with Crippen LogP contribution < -0.4 is 26.4 Å². The summed E-state index contributed by atoms with van der Waals surface area (Å²) in [6.07, 6.45) is 1.93. The van der Waals surface area contributed by atoms with Crippen LogP contribution in [0.2, 0.25) is 0 Å². The number of ether oxygens (including phenoxy) is 1. The highest BCUT2D eigenvalue weighted by Crippen LogP contribution is 2.33. The Hall–Kier alpha value is -3.84. The number of thiazole rings is 1. The molecule has 4 rings (SSSR count). The van der Waals surface area contributed by atoms with Crippen LogP contribution in [0, 0.1) is 5.41 Å². The molecule has 2 amide bonds. The lowest BCUT2D eigenvalue weighted by atomic mass is 9.84. The molecule has 1 aromatic heterocycles. The van der Waals surface area contributed by atoms with Gasteiger partial charge in [0, 0.05) is 17.0 Å². The van der Waals surface area contributed by atoms with Crippen LogP contribution in [-0.4, -0.2) is 90.3 Å². The summed E-state index contributed by atoms with van der Waals surface area (Å²) in [6, 6.07) is 6.11. The predicted molar refractivity (Wildman–Crippen MR) is 152 cm³/mol. The Morgan fingerprint density at radius 3 is 2.55 bits per heavy atom. The molecule has 0 saturated carbocycles. The first-order chi connectivity index (χ1) is 19.8. The molecule has 2 aliphatic heterocycles. The smallest absolute Gasteiger partial charge is 0.418 e. The summed E-state index contributed by atoms with van der Waals surface area (Å²) in [4.78, 5) is 34.8. The van der Waals surface area contributed by atoms with E-state index in [9.17, 15) is 18.0 Å². The lowest BCUT2D eigenvalue weighted by molar-refractivity contribution is -0.218. The minimum absolute atomic E-state index is 0.0466. The number of hydrogen-bond acceptors (Lipinski definition) is 13. The Labute approximate surface area is 246 Å². The van der Waals surface area contributed by atoms with Gasteiger partial charge in [-0.1, -0.05) is 5.16 Å². The zero-order chi connectivity index (χ0) is 30.5. The quantitative estimate of drug-likeness (QED) is 0.0459. The molecule has 0 bridgehead atoms. The fraction of sp³-hybridized carbons (Fsp3) is 0.458. The molecule has 228 valence electrons. The van der Waals surface area contributed by atoms with Gasteiger partial charge in [0.25, 0.3) is 11.8 Å². The number of hydrogen-bond donors (Lipinski definition) is 6. The van der Waals surface area contributed by atoms with Crippen LogP contribution in [0.5, 0.6) is 5.75 Å². The van der Waals surface area contributed by atoms with Gasteiger partial charge in [-0.05, 0) is 64.0 Å². The summed E-state index contributed by atoms with van der Waals surface area (Å²) < 4.78 is 40.9. The van der Waals surface area contributed by atoms with E-state index in [0.717, 1.165) is 42.8 Å². The van der Waals surface area contributed by atoms with Gasteiger partial charge in [0.1, 0.15) is 29.9 Å². The first-order valence-electron chi connectivity index (χ1n) is 12.9. The zero-order valence-electron chi connectivity index (χ0n) is 22.8. The number of benzene rings is 1. The first kappa shape index (κ1) is 31.1. The van der Waals surface area contributed by atoms with Crippen LogP contribution in [-0.2, 0) is 29.1 Å². The maximum Gasteiger partial charge on any atom is 0.418 e. The van der Waals surface area contributed by atoms with Crippen LogP contribution in [0.1, 0.15) is 37.9 Å². The second-order valence-corrected chi connectivity index (χ2v) is 11.8. The fourth-order valence-electron chi connectivity index (χ4n) is 4.30. The van der Waals surface area contributed by atoms with E-state index in [0.29, 0.717) is 16.6 Å². The van der Waals surface area contributed by atoms with E-state index in [2.05, 4.69) is 30.4 Å². The number of carbonyl (C=O) groups is 2. The number of piperidine rings is 1. The van der Waals surface area contributed by atoms with Crippen molar-refractivity contribution in [3.8, 4) is 5.75 Å². The molecular weight excluding hydrogens is 592 g/mol. The second kappa shape index (κ2) is 13.0. The molecule has 0 radical (unpaired) electrons. The molecule has 1 aromatic carbocycles.